The first-order valence-electron chi connectivity index (χ1n) is 5.49. The van der Waals surface area contributed by atoms with Gasteiger partial charge in [-0.3, -0.25) is 0 Å². The Morgan fingerprint density at radius 1 is 1.19 bits per heavy atom. The Balaban J connectivity index is 1.59. The highest BCUT2D eigenvalue weighted by Gasteiger charge is 2.26. The van der Waals surface area contributed by atoms with Gasteiger partial charge in [0.15, 0.2) is 0 Å². The predicted molar refractivity (Wildman–Crippen MR) is 66.6 cm³/mol. The van der Waals surface area contributed by atoms with Crippen LogP contribution >= 0.6 is 15.9 Å². The quantitative estimate of drug-likeness (QED) is 0.845. The Kier molecular flexibility index (Phi) is 4.21. The fourth-order valence-corrected chi connectivity index (χ4v) is 1.91. The highest BCUT2D eigenvalue weighted by molar-refractivity contribution is 9.10. The minimum Gasteiger partial charge on any atom is -0.491 e. The molecular formula is C12H16BrNO2. The molecule has 1 aromatic carbocycles. The zero-order valence-electron chi connectivity index (χ0n) is 9.06. The molecule has 1 aromatic rings. The zero-order chi connectivity index (χ0) is 11.4. The molecule has 2 N–H and O–H groups in total. The average molecular weight is 286 g/mol. The maximum Gasteiger partial charge on any atom is 0.119 e. The molecule has 0 radical (unpaired) electrons. The molecule has 16 heavy (non-hydrogen) atoms. The lowest BCUT2D eigenvalue weighted by Crippen LogP contribution is -2.42. The third-order valence-corrected chi connectivity index (χ3v) is 3.18. The molecule has 0 amide bonds. The van der Waals surface area contributed by atoms with Crippen LogP contribution in [0.15, 0.2) is 28.7 Å². The monoisotopic (exact) mass is 285 g/mol. The van der Waals surface area contributed by atoms with E-state index >= 15 is 0 Å². The molecule has 2 rings (SSSR count). The van der Waals surface area contributed by atoms with Gasteiger partial charge in [-0.25, -0.2) is 0 Å². The van der Waals surface area contributed by atoms with Gasteiger partial charge in [-0.15, -0.1) is 0 Å². The molecule has 1 saturated carbocycles. The molecule has 88 valence electrons. The van der Waals surface area contributed by atoms with Crippen LogP contribution in [0.1, 0.15) is 12.8 Å². The third kappa shape index (κ3) is 3.47. The number of hydrogen-bond donors (Lipinski definition) is 1. The van der Waals surface area contributed by atoms with Crippen LogP contribution in [0.2, 0.25) is 0 Å². The first-order chi connectivity index (χ1) is 7.74. The maximum absolute atomic E-state index is 5.66. The Bertz CT molecular complexity index is 322. The second kappa shape index (κ2) is 5.66. The van der Waals surface area contributed by atoms with Crippen LogP contribution in [0.4, 0.5) is 0 Å². The highest BCUT2D eigenvalue weighted by Crippen LogP contribution is 2.21. The zero-order valence-corrected chi connectivity index (χ0v) is 10.7. The number of benzene rings is 1. The smallest absolute Gasteiger partial charge is 0.119 e. The summed E-state index contributed by atoms with van der Waals surface area (Å²) in [5, 5.41) is 0. The Morgan fingerprint density at radius 2 is 1.88 bits per heavy atom. The second-order valence-electron chi connectivity index (χ2n) is 4.03. The highest BCUT2D eigenvalue weighted by atomic mass is 79.9. The van der Waals surface area contributed by atoms with E-state index in [-0.39, 0.29) is 0 Å². The van der Waals surface area contributed by atoms with E-state index in [4.69, 9.17) is 15.2 Å². The summed E-state index contributed by atoms with van der Waals surface area (Å²) in [5.41, 5.74) is 5.66. The van der Waals surface area contributed by atoms with Gasteiger partial charge in [-0.1, -0.05) is 15.9 Å². The van der Waals surface area contributed by atoms with Gasteiger partial charge in [0.1, 0.15) is 12.4 Å². The SMILES string of the molecule is NC1CC(OCCOc2ccc(Br)cc2)C1. The van der Waals surface area contributed by atoms with E-state index < -0.39 is 0 Å². The molecule has 0 aromatic heterocycles. The topological polar surface area (TPSA) is 44.5 Å². The van der Waals surface area contributed by atoms with Gasteiger partial charge >= 0.3 is 0 Å². The van der Waals surface area contributed by atoms with Crippen molar-refractivity contribution >= 4 is 15.9 Å². The van der Waals surface area contributed by atoms with Crippen LogP contribution in [0.25, 0.3) is 0 Å². The minimum absolute atomic E-state index is 0.345. The molecule has 0 bridgehead atoms. The Hall–Kier alpha value is -0.580. The number of hydrogen-bond acceptors (Lipinski definition) is 3. The normalized spacial score (nSPS) is 23.9. The van der Waals surface area contributed by atoms with Gasteiger partial charge in [-0.05, 0) is 37.1 Å². The summed E-state index contributed by atoms with van der Waals surface area (Å²) in [6.07, 6.45) is 2.32. The lowest BCUT2D eigenvalue weighted by atomic mass is 9.90. The first kappa shape index (κ1) is 11.9. The van der Waals surface area contributed by atoms with Crippen LogP contribution in [0, 0.1) is 0 Å². The fraction of sp³-hybridized carbons (Fsp3) is 0.500. The van der Waals surface area contributed by atoms with E-state index in [1.54, 1.807) is 0 Å². The molecule has 0 saturated heterocycles. The van der Waals surface area contributed by atoms with Crippen LogP contribution < -0.4 is 10.5 Å². The van der Waals surface area contributed by atoms with Crippen molar-refractivity contribution in [3.8, 4) is 5.75 Å². The summed E-state index contributed by atoms with van der Waals surface area (Å²) in [6.45, 7) is 1.22. The van der Waals surface area contributed by atoms with Crippen LogP contribution in [-0.2, 0) is 4.74 Å². The molecule has 0 atom stereocenters. The van der Waals surface area contributed by atoms with Gasteiger partial charge in [0.25, 0.3) is 0 Å². The lowest BCUT2D eigenvalue weighted by molar-refractivity contribution is -0.0197. The van der Waals surface area contributed by atoms with E-state index in [1.165, 1.54) is 0 Å². The molecule has 4 heteroatoms. The van der Waals surface area contributed by atoms with E-state index in [0.717, 1.165) is 23.1 Å². The summed E-state index contributed by atoms with van der Waals surface area (Å²) in [7, 11) is 0. The molecule has 0 heterocycles. The minimum atomic E-state index is 0.345. The van der Waals surface area contributed by atoms with Crippen molar-refractivity contribution in [1.29, 1.82) is 0 Å². The molecule has 1 aliphatic carbocycles. The summed E-state index contributed by atoms with van der Waals surface area (Å²) in [5.74, 6) is 0.872. The van der Waals surface area contributed by atoms with Gasteiger partial charge in [0.2, 0.25) is 0 Å². The summed E-state index contributed by atoms with van der Waals surface area (Å²) in [4.78, 5) is 0. The van der Waals surface area contributed by atoms with Crippen molar-refractivity contribution in [3.63, 3.8) is 0 Å². The number of halogens is 1. The van der Waals surface area contributed by atoms with Gasteiger partial charge < -0.3 is 15.2 Å². The molecule has 1 aliphatic rings. The largest absolute Gasteiger partial charge is 0.491 e. The van der Waals surface area contributed by atoms with Gasteiger partial charge in [0.05, 0.1) is 12.7 Å². The van der Waals surface area contributed by atoms with Crippen molar-refractivity contribution in [3.05, 3.63) is 28.7 Å². The predicted octanol–water partition coefficient (Wildman–Crippen LogP) is 2.33. The van der Waals surface area contributed by atoms with E-state index in [9.17, 15) is 0 Å². The lowest BCUT2D eigenvalue weighted by Gasteiger charge is -2.32. The van der Waals surface area contributed by atoms with Crippen molar-refractivity contribution in [2.45, 2.75) is 25.0 Å². The Labute approximate surface area is 104 Å². The number of rotatable bonds is 5. The molecule has 3 nitrogen and oxygen atoms in total. The van der Waals surface area contributed by atoms with Crippen LogP contribution in [0.3, 0.4) is 0 Å². The van der Waals surface area contributed by atoms with Gasteiger partial charge in [0, 0.05) is 10.5 Å². The average Bonchev–Trinajstić information content (AvgIpc) is 2.24. The molecule has 1 fully saturated rings. The second-order valence-corrected chi connectivity index (χ2v) is 4.94. The summed E-state index contributed by atoms with van der Waals surface area (Å²) in [6, 6.07) is 8.13. The molecule has 0 aliphatic heterocycles. The van der Waals surface area contributed by atoms with Crippen molar-refractivity contribution in [2.24, 2.45) is 5.73 Å². The maximum atomic E-state index is 5.66. The summed E-state index contributed by atoms with van der Waals surface area (Å²) < 4.78 is 12.2. The van der Waals surface area contributed by atoms with Gasteiger partial charge in [-0.2, -0.15) is 0 Å². The Morgan fingerprint density at radius 3 is 2.50 bits per heavy atom. The van der Waals surface area contributed by atoms with E-state index in [2.05, 4.69) is 15.9 Å². The molecular weight excluding hydrogens is 270 g/mol. The standard InChI is InChI=1S/C12H16BrNO2/c13-9-1-3-11(4-2-9)15-5-6-16-12-7-10(14)8-12/h1-4,10,12H,5-8,14H2. The molecule has 0 unspecified atom stereocenters. The van der Waals surface area contributed by atoms with Crippen molar-refractivity contribution < 1.29 is 9.47 Å². The van der Waals surface area contributed by atoms with E-state index in [0.29, 0.717) is 25.4 Å². The van der Waals surface area contributed by atoms with Crippen molar-refractivity contribution in [1.82, 2.24) is 0 Å². The van der Waals surface area contributed by atoms with Crippen LogP contribution in [0.5, 0.6) is 5.75 Å². The van der Waals surface area contributed by atoms with E-state index in [1.807, 2.05) is 24.3 Å². The van der Waals surface area contributed by atoms with Crippen LogP contribution in [-0.4, -0.2) is 25.4 Å². The van der Waals surface area contributed by atoms with Crippen molar-refractivity contribution in [2.75, 3.05) is 13.2 Å². The number of nitrogens with two attached hydrogens (primary N) is 1. The molecule has 0 spiro atoms. The third-order valence-electron chi connectivity index (χ3n) is 2.65. The fourth-order valence-electron chi connectivity index (χ4n) is 1.65. The summed E-state index contributed by atoms with van der Waals surface area (Å²) >= 11 is 3.38. The first-order valence-corrected chi connectivity index (χ1v) is 6.29. The number of ether oxygens (including phenoxy) is 2.